The van der Waals surface area contributed by atoms with Gasteiger partial charge in [-0.15, -0.1) is 0 Å². The zero-order valence-corrected chi connectivity index (χ0v) is 16.8. The van der Waals surface area contributed by atoms with Crippen LogP contribution in [0.5, 0.6) is 11.5 Å². The fourth-order valence-corrected chi connectivity index (χ4v) is 4.72. The van der Waals surface area contributed by atoms with Gasteiger partial charge in [-0.3, -0.25) is 4.79 Å². The average molecular weight is 389 g/mol. The summed E-state index contributed by atoms with van der Waals surface area (Å²) in [5, 5.41) is 6.70. The number of fused-ring (bicyclic) bond motifs is 1. The van der Waals surface area contributed by atoms with Crippen LogP contribution in [-0.2, 0) is 14.9 Å². The van der Waals surface area contributed by atoms with Gasteiger partial charge in [-0.1, -0.05) is 13.0 Å². The van der Waals surface area contributed by atoms with Gasteiger partial charge in [0, 0.05) is 31.6 Å². The number of piperidine rings is 1. The minimum Gasteiger partial charge on any atom is -0.454 e. The van der Waals surface area contributed by atoms with Gasteiger partial charge >= 0.3 is 0 Å². The van der Waals surface area contributed by atoms with Crippen molar-refractivity contribution in [2.24, 2.45) is 11.8 Å². The molecule has 4 rings (SSSR count). The molecule has 6 heteroatoms. The maximum absolute atomic E-state index is 12.7. The van der Waals surface area contributed by atoms with E-state index < -0.39 is 0 Å². The van der Waals surface area contributed by atoms with Gasteiger partial charge in [-0.05, 0) is 68.3 Å². The molecule has 6 nitrogen and oxygen atoms in total. The summed E-state index contributed by atoms with van der Waals surface area (Å²) >= 11 is 0. The zero-order chi connectivity index (χ0) is 19.4. The molecule has 1 aromatic rings. The highest BCUT2D eigenvalue weighted by molar-refractivity contribution is 5.76. The van der Waals surface area contributed by atoms with E-state index in [1.54, 1.807) is 0 Å². The molecule has 2 unspecified atom stereocenters. The maximum Gasteiger partial charge on any atom is 0.231 e. The van der Waals surface area contributed by atoms with Crippen LogP contribution in [0.2, 0.25) is 0 Å². The Morgan fingerprint density at radius 1 is 1.29 bits per heavy atom. The monoisotopic (exact) mass is 388 g/mol. The van der Waals surface area contributed by atoms with Gasteiger partial charge in [0.25, 0.3) is 0 Å². The summed E-state index contributed by atoms with van der Waals surface area (Å²) in [6, 6.07) is 6.17. The van der Waals surface area contributed by atoms with Crippen molar-refractivity contribution in [1.82, 2.24) is 10.6 Å². The Labute approximate surface area is 167 Å². The van der Waals surface area contributed by atoms with E-state index in [0.717, 1.165) is 37.4 Å². The minimum atomic E-state index is -0.107. The minimum absolute atomic E-state index is 0.107. The second-order valence-electron chi connectivity index (χ2n) is 8.53. The van der Waals surface area contributed by atoms with E-state index in [1.165, 1.54) is 18.4 Å². The number of carbonyl (C=O) groups excluding carboxylic acids is 1. The van der Waals surface area contributed by atoms with Crippen molar-refractivity contribution in [2.45, 2.75) is 44.4 Å². The third-order valence-electron chi connectivity index (χ3n) is 6.71. The van der Waals surface area contributed by atoms with Crippen LogP contribution in [-0.4, -0.2) is 45.5 Å². The molecule has 1 amide bonds. The van der Waals surface area contributed by atoms with E-state index in [2.05, 4.69) is 29.7 Å². The summed E-state index contributed by atoms with van der Waals surface area (Å²) in [6.07, 6.45) is 4.83. The molecule has 2 saturated heterocycles. The first-order valence-corrected chi connectivity index (χ1v) is 10.6. The van der Waals surface area contributed by atoms with Crippen LogP contribution in [0.1, 0.15) is 44.6 Å². The lowest BCUT2D eigenvalue weighted by atomic mass is 9.74. The topological polar surface area (TPSA) is 68.8 Å². The largest absolute Gasteiger partial charge is 0.454 e. The Balaban J connectivity index is 1.40. The highest BCUT2D eigenvalue weighted by Crippen LogP contribution is 2.40. The van der Waals surface area contributed by atoms with Crippen molar-refractivity contribution in [1.29, 1.82) is 0 Å². The van der Waals surface area contributed by atoms with Crippen LogP contribution in [0, 0.1) is 11.8 Å². The lowest BCUT2D eigenvalue weighted by Gasteiger charge is -2.38. The number of hydrogen-bond acceptors (Lipinski definition) is 5. The molecule has 2 atom stereocenters. The van der Waals surface area contributed by atoms with Crippen molar-refractivity contribution in [3.8, 4) is 11.5 Å². The third-order valence-corrected chi connectivity index (χ3v) is 6.71. The molecule has 0 aliphatic carbocycles. The van der Waals surface area contributed by atoms with E-state index in [-0.39, 0.29) is 18.1 Å². The van der Waals surface area contributed by atoms with E-state index in [9.17, 15) is 4.79 Å². The van der Waals surface area contributed by atoms with Crippen molar-refractivity contribution in [2.75, 3.05) is 39.6 Å². The van der Waals surface area contributed by atoms with Crippen LogP contribution in [0.25, 0.3) is 0 Å². The first-order chi connectivity index (χ1) is 13.7. The normalized spacial score (nSPS) is 24.5. The summed E-state index contributed by atoms with van der Waals surface area (Å²) in [4.78, 5) is 12.7. The SMILES string of the molecule is CC(CC(=O)NCC1(c2ccc3c(c2)OCO3)CCOCC1)C1CCCNC1. The number of benzene rings is 1. The second kappa shape index (κ2) is 8.70. The Bertz CT molecular complexity index is 681. The van der Waals surface area contributed by atoms with Gasteiger partial charge in [-0.2, -0.15) is 0 Å². The molecule has 2 fully saturated rings. The Hall–Kier alpha value is -1.79. The third kappa shape index (κ3) is 4.28. The van der Waals surface area contributed by atoms with E-state index in [0.29, 0.717) is 38.0 Å². The molecule has 3 aliphatic heterocycles. The summed E-state index contributed by atoms with van der Waals surface area (Å²) in [5.74, 6) is 2.76. The van der Waals surface area contributed by atoms with E-state index in [4.69, 9.17) is 14.2 Å². The summed E-state index contributed by atoms with van der Waals surface area (Å²) < 4.78 is 16.6. The van der Waals surface area contributed by atoms with Crippen molar-refractivity contribution < 1.29 is 19.0 Å². The molecule has 3 heterocycles. The first kappa shape index (κ1) is 19.5. The van der Waals surface area contributed by atoms with Crippen LogP contribution >= 0.6 is 0 Å². The quantitative estimate of drug-likeness (QED) is 0.784. The molecule has 0 bridgehead atoms. The molecule has 28 heavy (non-hydrogen) atoms. The number of rotatable bonds is 6. The van der Waals surface area contributed by atoms with Gasteiger partial charge in [-0.25, -0.2) is 0 Å². The highest BCUT2D eigenvalue weighted by atomic mass is 16.7. The number of nitrogens with one attached hydrogen (secondary N) is 2. The van der Waals surface area contributed by atoms with Gasteiger partial charge in [0.1, 0.15) is 0 Å². The Kier molecular flexibility index (Phi) is 6.07. The van der Waals surface area contributed by atoms with Gasteiger partial charge in [0.15, 0.2) is 11.5 Å². The molecule has 0 saturated carbocycles. The van der Waals surface area contributed by atoms with Crippen LogP contribution < -0.4 is 20.1 Å². The smallest absolute Gasteiger partial charge is 0.231 e. The summed E-state index contributed by atoms with van der Waals surface area (Å²) in [7, 11) is 0. The molecule has 0 spiro atoms. The lowest BCUT2D eigenvalue weighted by Crippen LogP contribution is -2.45. The molecule has 0 radical (unpaired) electrons. The zero-order valence-electron chi connectivity index (χ0n) is 16.8. The highest BCUT2D eigenvalue weighted by Gasteiger charge is 2.36. The van der Waals surface area contributed by atoms with Crippen molar-refractivity contribution >= 4 is 5.91 Å². The average Bonchev–Trinajstić information content (AvgIpc) is 3.21. The standard InChI is InChI=1S/C22H32N2O4/c1-16(17-3-2-8-23-13-17)11-21(25)24-14-22(6-9-26-10-7-22)18-4-5-19-20(12-18)28-15-27-19/h4-5,12,16-17,23H,2-3,6-11,13-15H2,1H3,(H,24,25). The predicted molar refractivity (Wildman–Crippen MR) is 107 cm³/mol. The van der Waals surface area contributed by atoms with E-state index in [1.807, 2.05) is 6.07 Å². The van der Waals surface area contributed by atoms with Crippen LogP contribution in [0.3, 0.4) is 0 Å². The fourth-order valence-electron chi connectivity index (χ4n) is 4.72. The summed E-state index contributed by atoms with van der Waals surface area (Å²) in [6.45, 7) is 6.70. The number of ether oxygens (including phenoxy) is 3. The molecule has 0 aromatic heterocycles. The summed E-state index contributed by atoms with van der Waals surface area (Å²) in [5.41, 5.74) is 1.09. The van der Waals surface area contributed by atoms with Gasteiger partial charge < -0.3 is 24.8 Å². The van der Waals surface area contributed by atoms with Crippen molar-refractivity contribution in [3.05, 3.63) is 23.8 Å². The first-order valence-electron chi connectivity index (χ1n) is 10.6. The molecule has 154 valence electrons. The van der Waals surface area contributed by atoms with Gasteiger partial charge in [0.2, 0.25) is 12.7 Å². The van der Waals surface area contributed by atoms with Gasteiger partial charge in [0.05, 0.1) is 0 Å². The number of hydrogen-bond donors (Lipinski definition) is 2. The molecular weight excluding hydrogens is 356 g/mol. The Morgan fingerprint density at radius 2 is 2.11 bits per heavy atom. The maximum atomic E-state index is 12.7. The lowest BCUT2D eigenvalue weighted by molar-refractivity contribution is -0.122. The molecule has 1 aromatic carbocycles. The molecular formula is C22H32N2O4. The fraction of sp³-hybridized carbons (Fsp3) is 0.682. The predicted octanol–water partition coefficient (Wildman–Crippen LogP) is 2.61. The van der Waals surface area contributed by atoms with Crippen molar-refractivity contribution in [3.63, 3.8) is 0 Å². The van der Waals surface area contributed by atoms with E-state index >= 15 is 0 Å². The molecule has 3 aliphatic rings. The number of carbonyl (C=O) groups is 1. The van der Waals surface area contributed by atoms with Crippen LogP contribution in [0.4, 0.5) is 0 Å². The number of amides is 1. The molecule has 2 N–H and O–H groups in total. The second-order valence-corrected chi connectivity index (χ2v) is 8.53. The van der Waals surface area contributed by atoms with Crippen LogP contribution in [0.15, 0.2) is 18.2 Å². The Morgan fingerprint density at radius 3 is 2.89 bits per heavy atom.